The molecule has 0 unspecified atom stereocenters. The van der Waals surface area contributed by atoms with Gasteiger partial charge in [-0.25, -0.2) is 9.18 Å². The van der Waals surface area contributed by atoms with Gasteiger partial charge in [-0.3, -0.25) is 4.79 Å². The fourth-order valence-corrected chi connectivity index (χ4v) is 3.06. The Bertz CT molecular complexity index is 793. The van der Waals surface area contributed by atoms with Crippen LogP contribution in [0.3, 0.4) is 0 Å². The minimum Gasteiger partial charge on any atom is -0.485 e. The average Bonchev–Trinajstić information content (AvgIpc) is 3.22. The van der Waals surface area contributed by atoms with Crippen molar-refractivity contribution in [1.82, 2.24) is 4.90 Å². The number of likely N-dealkylation sites (tertiary alicyclic amines) is 1. The molecular formula is C17H15BrFNO5. The Hall–Kier alpha value is -2.35. The number of methoxy groups -OCH3 is 1. The number of hydrogen-bond acceptors (Lipinski definition) is 5. The Kier molecular flexibility index (Phi) is 5.08. The highest BCUT2D eigenvalue weighted by Gasteiger charge is 2.42. The minimum absolute atomic E-state index is 0.0751. The van der Waals surface area contributed by atoms with Crippen LogP contribution in [0.25, 0.3) is 0 Å². The van der Waals surface area contributed by atoms with Crippen LogP contribution in [0.2, 0.25) is 0 Å². The zero-order valence-electron chi connectivity index (χ0n) is 13.3. The lowest BCUT2D eigenvalue weighted by molar-refractivity contribution is -0.145. The van der Waals surface area contributed by atoms with Crippen LogP contribution in [-0.2, 0) is 9.53 Å². The van der Waals surface area contributed by atoms with Crippen LogP contribution >= 0.6 is 15.9 Å². The molecule has 1 saturated heterocycles. The Balaban J connectivity index is 1.80. The second-order valence-corrected chi connectivity index (χ2v) is 6.29. The quantitative estimate of drug-likeness (QED) is 0.723. The lowest BCUT2D eigenvalue weighted by atomic mass is 10.2. The number of para-hydroxylation sites is 1. The molecule has 1 aromatic heterocycles. The summed E-state index contributed by atoms with van der Waals surface area (Å²) in [6.07, 6.45) is -0.336. The van der Waals surface area contributed by atoms with E-state index in [1.165, 1.54) is 30.2 Å². The van der Waals surface area contributed by atoms with Gasteiger partial charge in [-0.05, 0) is 40.2 Å². The molecule has 0 N–H and O–H groups in total. The molecular weight excluding hydrogens is 397 g/mol. The molecule has 2 aromatic rings. The van der Waals surface area contributed by atoms with Gasteiger partial charge in [0, 0.05) is 6.42 Å². The van der Waals surface area contributed by atoms with Crippen molar-refractivity contribution in [3.63, 3.8) is 0 Å². The van der Waals surface area contributed by atoms with Gasteiger partial charge in [0.05, 0.1) is 13.7 Å². The fourth-order valence-electron chi connectivity index (χ4n) is 2.76. The summed E-state index contributed by atoms with van der Waals surface area (Å²) in [5, 5.41) is 0. The third-order valence-corrected chi connectivity index (χ3v) is 4.34. The fraction of sp³-hybridized carbons (Fsp3) is 0.294. The summed E-state index contributed by atoms with van der Waals surface area (Å²) < 4.78 is 29.9. The van der Waals surface area contributed by atoms with Crippen molar-refractivity contribution in [3.05, 3.63) is 52.6 Å². The maximum atomic E-state index is 13.8. The number of amides is 1. The summed E-state index contributed by atoms with van der Waals surface area (Å²) in [6, 6.07) is 8.25. The van der Waals surface area contributed by atoms with Crippen LogP contribution < -0.4 is 4.74 Å². The molecule has 1 aromatic carbocycles. The number of carbonyl (C=O) groups is 2. The number of ether oxygens (including phenoxy) is 2. The van der Waals surface area contributed by atoms with Crippen molar-refractivity contribution in [2.24, 2.45) is 0 Å². The molecule has 1 aliphatic heterocycles. The van der Waals surface area contributed by atoms with E-state index in [2.05, 4.69) is 15.9 Å². The van der Waals surface area contributed by atoms with Crippen LogP contribution in [0, 0.1) is 5.82 Å². The van der Waals surface area contributed by atoms with E-state index in [1.807, 2.05) is 0 Å². The summed E-state index contributed by atoms with van der Waals surface area (Å²) in [6.45, 7) is 0.116. The minimum atomic E-state index is -0.821. The number of halogens is 2. The van der Waals surface area contributed by atoms with Gasteiger partial charge < -0.3 is 18.8 Å². The van der Waals surface area contributed by atoms with Crippen molar-refractivity contribution in [2.75, 3.05) is 13.7 Å². The number of carbonyl (C=O) groups excluding carboxylic acids is 2. The Morgan fingerprint density at radius 2 is 2.04 bits per heavy atom. The Labute approximate surface area is 151 Å². The third kappa shape index (κ3) is 3.68. The summed E-state index contributed by atoms with van der Waals surface area (Å²) in [5.41, 5.74) is 0. The molecule has 1 amide bonds. The topological polar surface area (TPSA) is 69.0 Å². The average molecular weight is 412 g/mol. The molecule has 6 nitrogen and oxygen atoms in total. The highest BCUT2D eigenvalue weighted by molar-refractivity contribution is 9.10. The van der Waals surface area contributed by atoms with E-state index in [4.69, 9.17) is 13.9 Å². The summed E-state index contributed by atoms with van der Waals surface area (Å²) >= 11 is 3.14. The van der Waals surface area contributed by atoms with Crippen molar-refractivity contribution in [2.45, 2.75) is 18.6 Å². The normalized spacial score (nSPS) is 19.7. The summed E-state index contributed by atoms with van der Waals surface area (Å²) in [7, 11) is 1.25. The molecule has 2 atom stereocenters. The molecule has 0 saturated carbocycles. The Morgan fingerprint density at radius 1 is 1.28 bits per heavy atom. The molecule has 1 fully saturated rings. The zero-order chi connectivity index (χ0) is 18.0. The van der Waals surface area contributed by atoms with E-state index < -0.39 is 29.8 Å². The van der Waals surface area contributed by atoms with E-state index >= 15 is 0 Å². The maximum Gasteiger partial charge on any atom is 0.328 e. The first kappa shape index (κ1) is 17.5. The van der Waals surface area contributed by atoms with Gasteiger partial charge >= 0.3 is 5.97 Å². The van der Waals surface area contributed by atoms with Gasteiger partial charge in [0.1, 0.15) is 12.1 Å². The number of esters is 1. The molecule has 1 aliphatic rings. The van der Waals surface area contributed by atoms with Gasteiger partial charge in [0.15, 0.2) is 22.0 Å². The predicted octanol–water partition coefficient (Wildman–Crippen LogP) is 3.02. The van der Waals surface area contributed by atoms with Crippen LogP contribution in [0.4, 0.5) is 4.39 Å². The second-order valence-electron chi connectivity index (χ2n) is 5.51. The van der Waals surface area contributed by atoms with Crippen LogP contribution in [0.5, 0.6) is 5.75 Å². The van der Waals surface area contributed by atoms with Crippen molar-refractivity contribution >= 4 is 27.8 Å². The Morgan fingerprint density at radius 3 is 2.68 bits per heavy atom. The lowest BCUT2D eigenvalue weighted by Crippen LogP contribution is -2.41. The first-order chi connectivity index (χ1) is 12.0. The van der Waals surface area contributed by atoms with E-state index in [0.717, 1.165) is 0 Å². The third-order valence-electron chi connectivity index (χ3n) is 3.91. The molecule has 0 radical (unpaired) electrons. The van der Waals surface area contributed by atoms with Crippen LogP contribution in [0.15, 0.2) is 45.5 Å². The summed E-state index contributed by atoms with van der Waals surface area (Å²) in [5.74, 6) is -1.35. The van der Waals surface area contributed by atoms with E-state index in [1.54, 1.807) is 18.2 Å². The van der Waals surface area contributed by atoms with Gasteiger partial charge in [-0.15, -0.1) is 0 Å². The van der Waals surface area contributed by atoms with Gasteiger partial charge in [-0.2, -0.15) is 0 Å². The number of benzene rings is 1. The predicted molar refractivity (Wildman–Crippen MR) is 88.7 cm³/mol. The van der Waals surface area contributed by atoms with Crippen LogP contribution in [0.1, 0.15) is 17.0 Å². The first-order valence-electron chi connectivity index (χ1n) is 7.55. The van der Waals surface area contributed by atoms with Gasteiger partial charge in [0.25, 0.3) is 5.91 Å². The standard InChI is InChI=1S/C17H15BrFNO5/c1-23-17(22)12-8-10(24-13-5-3-2-4-11(13)19)9-20(12)16(21)14-6-7-15(18)25-14/h2-7,10,12H,8-9H2,1H3/t10-,12+/m0/s1. The molecule has 0 spiro atoms. The monoisotopic (exact) mass is 411 g/mol. The zero-order valence-corrected chi connectivity index (χ0v) is 14.9. The smallest absolute Gasteiger partial charge is 0.328 e. The second kappa shape index (κ2) is 7.26. The van der Waals surface area contributed by atoms with E-state index in [0.29, 0.717) is 4.67 Å². The lowest BCUT2D eigenvalue weighted by Gasteiger charge is -2.21. The number of hydrogen-bond donors (Lipinski definition) is 0. The molecule has 25 heavy (non-hydrogen) atoms. The maximum absolute atomic E-state index is 13.8. The number of furan rings is 1. The van der Waals surface area contributed by atoms with Crippen molar-refractivity contribution < 1.29 is 27.9 Å². The SMILES string of the molecule is COC(=O)[C@H]1C[C@H](Oc2ccccc2F)CN1C(=O)c1ccc(Br)o1. The first-order valence-corrected chi connectivity index (χ1v) is 8.34. The number of nitrogens with zero attached hydrogens (tertiary/aromatic N) is 1. The summed E-state index contributed by atoms with van der Waals surface area (Å²) in [4.78, 5) is 26.0. The van der Waals surface area contributed by atoms with E-state index in [9.17, 15) is 14.0 Å². The molecule has 0 bridgehead atoms. The van der Waals surface area contributed by atoms with Crippen molar-refractivity contribution in [3.8, 4) is 5.75 Å². The molecule has 0 aliphatic carbocycles. The highest BCUT2D eigenvalue weighted by atomic mass is 79.9. The molecule has 3 rings (SSSR count). The molecule has 8 heteroatoms. The van der Waals surface area contributed by atoms with Gasteiger partial charge in [0.2, 0.25) is 0 Å². The largest absolute Gasteiger partial charge is 0.485 e. The molecule has 132 valence electrons. The van der Waals surface area contributed by atoms with Gasteiger partial charge in [-0.1, -0.05) is 12.1 Å². The van der Waals surface area contributed by atoms with Crippen LogP contribution in [-0.4, -0.2) is 42.6 Å². The van der Waals surface area contributed by atoms with Crippen molar-refractivity contribution in [1.29, 1.82) is 0 Å². The highest BCUT2D eigenvalue weighted by Crippen LogP contribution is 2.27. The van der Waals surface area contributed by atoms with E-state index in [-0.39, 0.29) is 24.5 Å². The molecule has 2 heterocycles. The number of rotatable bonds is 4.